The van der Waals surface area contributed by atoms with Gasteiger partial charge in [-0.2, -0.15) is 0 Å². The number of rotatable bonds is 3. The van der Waals surface area contributed by atoms with E-state index < -0.39 is 4.92 Å². The van der Waals surface area contributed by atoms with E-state index in [1.807, 2.05) is 24.3 Å². The second-order valence-electron chi connectivity index (χ2n) is 6.09. The molecule has 0 bridgehead atoms. The third-order valence-corrected chi connectivity index (χ3v) is 4.49. The highest BCUT2D eigenvalue weighted by Crippen LogP contribution is 2.34. The van der Waals surface area contributed by atoms with Crippen LogP contribution in [0.25, 0.3) is 6.08 Å². The van der Waals surface area contributed by atoms with E-state index in [1.54, 1.807) is 11.0 Å². The van der Waals surface area contributed by atoms with Gasteiger partial charge in [0.2, 0.25) is 0 Å². The van der Waals surface area contributed by atoms with Crippen molar-refractivity contribution in [3.05, 3.63) is 69.3 Å². The molecule has 26 heavy (non-hydrogen) atoms. The highest BCUT2D eigenvalue weighted by Gasteiger charge is 2.23. The second-order valence-corrected chi connectivity index (χ2v) is 6.09. The molecule has 0 saturated carbocycles. The number of nitrogens with zero attached hydrogens (tertiary/aromatic N) is 2. The molecule has 0 radical (unpaired) electrons. The highest BCUT2D eigenvalue weighted by molar-refractivity contribution is 6.05. The summed E-state index contributed by atoms with van der Waals surface area (Å²) >= 11 is 0. The lowest BCUT2D eigenvalue weighted by atomic mass is 10.1. The van der Waals surface area contributed by atoms with Crippen LogP contribution in [0.5, 0.6) is 5.75 Å². The Hall–Kier alpha value is -3.19. The molecular formula is C19H16N2O5. The minimum Gasteiger partial charge on any atom is -0.467 e. The van der Waals surface area contributed by atoms with E-state index in [0.29, 0.717) is 23.4 Å². The minimum atomic E-state index is -0.467. The summed E-state index contributed by atoms with van der Waals surface area (Å²) in [6.07, 6.45) is 3.82. The molecule has 0 N–H and O–H groups in total. The molecule has 2 aliphatic heterocycles. The van der Waals surface area contributed by atoms with E-state index in [2.05, 4.69) is 0 Å². The molecule has 132 valence electrons. The SMILES string of the molecule is O=C(/C=C/c1cc([N+](=O)[O-])cc2c1OCOC2)N1CCc2ccccc21. The summed E-state index contributed by atoms with van der Waals surface area (Å²) in [4.78, 5) is 25.0. The average Bonchev–Trinajstić information content (AvgIpc) is 3.09. The van der Waals surface area contributed by atoms with Gasteiger partial charge in [-0.1, -0.05) is 18.2 Å². The molecule has 7 nitrogen and oxygen atoms in total. The molecule has 0 spiro atoms. The highest BCUT2D eigenvalue weighted by atomic mass is 16.7. The van der Waals surface area contributed by atoms with Crippen LogP contribution in [0.1, 0.15) is 16.7 Å². The van der Waals surface area contributed by atoms with E-state index >= 15 is 0 Å². The monoisotopic (exact) mass is 352 g/mol. The van der Waals surface area contributed by atoms with E-state index in [0.717, 1.165) is 17.7 Å². The number of benzene rings is 2. The van der Waals surface area contributed by atoms with Crippen LogP contribution in [0.3, 0.4) is 0 Å². The Kier molecular flexibility index (Phi) is 4.14. The zero-order valence-corrected chi connectivity index (χ0v) is 13.9. The zero-order valence-electron chi connectivity index (χ0n) is 13.9. The maximum atomic E-state index is 12.6. The molecule has 0 unspecified atom stereocenters. The Labute approximate surface area is 149 Å². The van der Waals surface area contributed by atoms with Crippen molar-refractivity contribution in [2.24, 2.45) is 0 Å². The Balaban J connectivity index is 1.64. The molecule has 4 rings (SSSR count). The Morgan fingerprint density at radius 2 is 2.08 bits per heavy atom. The van der Waals surface area contributed by atoms with Crippen molar-refractivity contribution < 1.29 is 19.2 Å². The molecule has 2 heterocycles. The summed E-state index contributed by atoms with van der Waals surface area (Å²) in [6.45, 7) is 0.949. The third kappa shape index (κ3) is 2.93. The molecule has 0 atom stereocenters. The first kappa shape index (κ1) is 16.3. The Morgan fingerprint density at radius 3 is 2.92 bits per heavy atom. The summed E-state index contributed by atoms with van der Waals surface area (Å²) in [5, 5.41) is 11.1. The fourth-order valence-electron chi connectivity index (χ4n) is 3.28. The number of carbonyl (C=O) groups excluding carboxylic acids is 1. The van der Waals surface area contributed by atoms with Gasteiger partial charge in [-0.3, -0.25) is 14.9 Å². The minimum absolute atomic E-state index is 0.0588. The van der Waals surface area contributed by atoms with Crippen molar-refractivity contribution in [3.63, 3.8) is 0 Å². The lowest BCUT2D eigenvalue weighted by Gasteiger charge is -2.19. The number of para-hydroxylation sites is 1. The largest absolute Gasteiger partial charge is 0.467 e. The van der Waals surface area contributed by atoms with Crippen molar-refractivity contribution in [2.75, 3.05) is 18.2 Å². The molecule has 2 aromatic carbocycles. The quantitative estimate of drug-likeness (QED) is 0.482. The van der Waals surface area contributed by atoms with Crippen LogP contribution in [0, 0.1) is 10.1 Å². The first-order valence-electron chi connectivity index (χ1n) is 8.23. The van der Waals surface area contributed by atoms with Gasteiger partial charge in [-0.05, 0) is 24.1 Å². The van der Waals surface area contributed by atoms with Crippen molar-refractivity contribution >= 4 is 23.4 Å². The lowest BCUT2D eigenvalue weighted by Crippen LogP contribution is -2.26. The van der Waals surface area contributed by atoms with Gasteiger partial charge in [-0.15, -0.1) is 0 Å². The molecule has 0 aliphatic carbocycles. The maximum absolute atomic E-state index is 12.6. The molecule has 0 saturated heterocycles. The van der Waals surface area contributed by atoms with Crippen LogP contribution in [0.15, 0.2) is 42.5 Å². The van der Waals surface area contributed by atoms with Crippen LogP contribution >= 0.6 is 0 Å². The molecule has 1 amide bonds. The van der Waals surface area contributed by atoms with E-state index in [4.69, 9.17) is 9.47 Å². The van der Waals surface area contributed by atoms with Gasteiger partial charge < -0.3 is 14.4 Å². The van der Waals surface area contributed by atoms with Gasteiger partial charge in [0, 0.05) is 41.6 Å². The van der Waals surface area contributed by atoms with Gasteiger partial charge in [0.05, 0.1) is 11.5 Å². The molecule has 7 heteroatoms. The number of nitro benzene ring substituents is 1. The van der Waals surface area contributed by atoms with Crippen molar-refractivity contribution in [2.45, 2.75) is 13.0 Å². The average molecular weight is 352 g/mol. The number of ether oxygens (including phenoxy) is 2. The smallest absolute Gasteiger partial charge is 0.270 e. The Morgan fingerprint density at radius 1 is 1.23 bits per heavy atom. The maximum Gasteiger partial charge on any atom is 0.270 e. The molecule has 0 aromatic heterocycles. The summed E-state index contributed by atoms with van der Waals surface area (Å²) in [5.41, 5.74) is 3.09. The zero-order chi connectivity index (χ0) is 18.1. The number of anilines is 1. The van der Waals surface area contributed by atoms with Crippen molar-refractivity contribution in [3.8, 4) is 5.75 Å². The molecule has 0 fully saturated rings. The van der Waals surface area contributed by atoms with Crippen LogP contribution < -0.4 is 9.64 Å². The molecular weight excluding hydrogens is 336 g/mol. The first-order chi connectivity index (χ1) is 12.6. The van der Waals surface area contributed by atoms with E-state index in [9.17, 15) is 14.9 Å². The number of nitro groups is 1. The number of hydrogen-bond donors (Lipinski definition) is 0. The van der Waals surface area contributed by atoms with Gasteiger partial charge >= 0.3 is 0 Å². The van der Waals surface area contributed by atoms with Gasteiger partial charge in [0.25, 0.3) is 11.6 Å². The standard InChI is InChI=1S/C19H16N2O5/c22-18(20-8-7-13-3-1-2-4-17(13)20)6-5-14-9-16(21(23)24)10-15-11-25-12-26-19(14)15/h1-6,9-10H,7-8,11-12H2/b6-5+. The van der Waals surface area contributed by atoms with Crippen molar-refractivity contribution in [1.29, 1.82) is 0 Å². The van der Waals surface area contributed by atoms with Crippen LogP contribution in [-0.2, 0) is 22.6 Å². The number of carbonyl (C=O) groups is 1. The van der Waals surface area contributed by atoms with E-state index in [1.165, 1.54) is 18.2 Å². The number of non-ortho nitro benzene ring substituents is 1. The van der Waals surface area contributed by atoms with Gasteiger partial charge in [0.15, 0.2) is 6.79 Å². The molecule has 2 aromatic rings. The summed E-state index contributed by atoms with van der Waals surface area (Å²) in [6, 6.07) is 10.6. The number of amides is 1. The fourth-order valence-corrected chi connectivity index (χ4v) is 3.28. The van der Waals surface area contributed by atoms with Gasteiger partial charge in [0.1, 0.15) is 5.75 Å². The normalized spacial score (nSPS) is 15.5. The Bertz CT molecular complexity index is 922. The fraction of sp³-hybridized carbons (Fsp3) is 0.211. The van der Waals surface area contributed by atoms with Crippen molar-refractivity contribution in [1.82, 2.24) is 0 Å². The van der Waals surface area contributed by atoms with Crippen LogP contribution in [0.4, 0.5) is 11.4 Å². The summed E-state index contributed by atoms with van der Waals surface area (Å²) in [7, 11) is 0. The van der Waals surface area contributed by atoms with Crippen LogP contribution in [-0.4, -0.2) is 24.2 Å². The lowest BCUT2D eigenvalue weighted by molar-refractivity contribution is -0.385. The summed E-state index contributed by atoms with van der Waals surface area (Å²) < 4.78 is 10.7. The number of hydrogen-bond acceptors (Lipinski definition) is 5. The predicted octanol–water partition coefficient (Wildman–Crippen LogP) is 3.06. The van der Waals surface area contributed by atoms with E-state index in [-0.39, 0.29) is 25.0 Å². The second kappa shape index (κ2) is 6.61. The summed E-state index contributed by atoms with van der Waals surface area (Å²) in [5.74, 6) is 0.356. The third-order valence-electron chi connectivity index (χ3n) is 4.49. The van der Waals surface area contributed by atoms with Gasteiger partial charge in [-0.25, -0.2) is 0 Å². The first-order valence-corrected chi connectivity index (χ1v) is 8.23. The van der Waals surface area contributed by atoms with Crippen LogP contribution in [0.2, 0.25) is 0 Å². The number of fused-ring (bicyclic) bond motifs is 2. The predicted molar refractivity (Wildman–Crippen MR) is 94.9 cm³/mol. The topological polar surface area (TPSA) is 81.9 Å². The molecule has 2 aliphatic rings.